The number of halogens is 3. The Labute approximate surface area is 298 Å². The van der Waals surface area contributed by atoms with E-state index in [2.05, 4.69) is 12.2 Å². The third-order valence-corrected chi connectivity index (χ3v) is 9.58. The van der Waals surface area contributed by atoms with Crippen molar-refractivity contribution in [3.8, 4) is 22.6 Å². The molecule has 248 valence electrons. The van der Waals surface area contributed by atoms with Crippen molar-refractivity contribution in [3.05, 3.63) is 131 Å². The first-order valence-electron chi connectivity index (χ1n) is 15.4. The van der Waals surface area contributed by atoms with E-state index in [-0.39, 0.29) is 31.3 Å². The summed E-state index contributed by atoms with van der Waals surface area (Å²) in [5.41, 5.74) is 6.17. The number of nitrogens with one attached hydrogen (secondary N) is 1. The van der Waals surface area contributed by atoms with Crippen LogP contribution in [0, 0.1) is 5.92 Å². The van der Waals surface area contributed by atoms with Crippen molar-refractivity contribution in [2.24, 2.45) is 5.92 Å². The van der Waals surface area contributed by atoms with E-state index < -0.39 is 16.0 Å². The second-order valence-electron chi connectivity index (χ2n) is 11.4. The number of thioether (sulfide) groups is 1. The average Bonchev–Trinajstić information content (AvgIpc) is 3.55. The van der Waals surface area contributed by atoms with Crippen LogP contribution in [-0.4, -0.2) is 31.6 Å². The van der Waals surface area contributed by atoms with Gasteiger partial charge in [0.05, 0.1) is 18.8 Å². The van der Waals surface area contributed by atoms with Gasteiger partial charge in [0.15, 0.2) is 12.1 Å². The van der Waals surface area contributed by atoms with E-state index in [0.29, 0.717) is 11.0 Å². The summed E-state index contributed by atoms with van der Waals surface area (Å²) in [4.78, 5) is 16.9. The predicted molar refractivity (Wildman–Crippen MR) is 190 cm³/mol. The van der Waals surface area contributed by atoms with Crippen molar-refractivity contribution in [1.82, 2.24) is 10.3 Å². The normalized spacial score (nSPS) is 19.6. The first-order chi connectivity index (χ1) is 23.2. The molecule has 1 aliphatic heterocycles. The summed E-state index contributed by atoms with van der Waals surface area (Å²) in [6.07, 6.45) is -1.18. The van der Waals surface area contributed by atoms with Crippen LogP contribution in [0.2, 0.25) is 0 Å². The predicted octanol–water partition coefficient (Wildman–Crippen LogP) is 9.07. The van der Waals surface area contributed by atoms with Crippen LogP contribution >= 0.6 is 46.6 Å². The molecule has 0 aliphatic carbocycles. The molecule has 0 spiro atoms. The molecule has 7 nitrogen and oxygen atoms in total. The number of hydrogen-bond donors (Lipinski definition) is 2. The maximum atomic E-state index is 12.0. The minimum absolute atomic E-state index is 0.0257. The molecule has 4 unspecified atom stereocenters. The number of nitrogens with zero attached hydrogens (tertiary/aromatic N) is 1. The smallest absolute Gasteiger partial charge is 0.272 e. The molecular formula is C37H33Cl3N2O5S. The summed E-state index contributed by atoms with van der Waals surface area (Å²) >= 11 is 18.5. The molecule has 5 aromatic rings. The topological polar surface area (TPSA) is 93.8 Å². The van der Waals surface area contributed by atoms with E-state index in [0.717, 1.165) is 44.8 Å². The fourth-order valence-corrected chi connectivity index (χ4v) is 6.67. The zero-order valence-corrected chi connectivity index (χ0v) is 29.0. The lowest BCUT2D eigenvalue weighted by Crippen LogP contribution is -2.38. The minimum atomic E-state index is -2.03. The fourth-order valence-electron chi connectivity index (χ4n) is 5.48. The summed E-state index contributed by atoms with van der Waals surface area (Å²) in [5.74, 6) is 0.561. The molecule has 1 aliphatic rings. The van der Waals surface area contributed by atoms with E-state index in [1.165, 1.54) is 11.8 Å². The van der Waals surface area contributed by atoms with Crippen molar-refractivity contribution >= 4 is 52.5 Å². The van der Waals surface area contributed by atoms with E-state index in [4.69, 9.17) is 53.7 Å². The average molecular weight is 724 g/mol. The van der Waals surface area contributed by atoms with Gasteiger partial charge < -0.3 is 24.3 Å². The summed E-state index contributed by atoms with van der Waals surface area (Å²) < 4.78 is 17.6. The number of carbonyl (C=O) groups excluding carboxylic acids is 1. The molecule has 11 heteroatoms. The van der Waals surface area contributed by atoms with Gasteiger partial charge in [-0.1, -0.05) is 163 Å². The van der Waals surface area contributed by atoms with Crippen LogP contribution in [0.15, 0.2) is 119 Å². The molecule has 0 radical (unpaired) electrons. The number of alkyl halides is 3. The summed E-state index contributed by atoms with van der Waals surface area (Å²) in [6, 6.07) is 35.3. The van der Waals surface area contributed by atoms with Crippen LogP contribution in [0.1, 0.15) is 41.6 Å². The number of oxazole rings is 1. The maximum Gasteiger partial charge on any atom is 0.272 e. The third kappa shape index (κ3) is 8.26. The van der Waals surface area contributed by atoms with Crippen LogP contribution in [0.3, 0.4) is 0 Å². The van der Waals surface area contributed by atoms with Crippen LogP contribution in [0.4, 0.5) is 0 Å². The van der Waals surface area contributed by atoms with Gasteiger partial charge in [-0.3, -0.25) is 4.79 Å². The van der Waals surface area contributed by atoms with E-state index in [9.17, 15) is 9.90 Å². The Bertz CT molecular complexity index is 1740. The Hall–Kier alpha value is -3.34. The molecule has 1 saturated heterocycles. The van der Waals surface area contributed by atoms with Crippen molar-refractivity contribution in [2.75, 3.05) is 5.75 Å². The van der Waals surface area contributed by atoms with Gasteiger partial charge in [-0.15, -0.1) is 0 Å². The second kappa shape index (κ2) is 15.5. The van der Waals surface area contributed by atoms with Gasteiger partial charge in [0.25, 0.3) is 14.9 Å². The van der Waals surface area contributed by atoms with E-state index >= 15 is 0 Å². The molecule has 1 amide bonds. The van der Waals surface area contributed by atoms with Gasteiger partial charge in [-0.05, 0) is 16.7 Å². The SMILES string of the molecule is CC1C(CSc2nc(-c3ccccc3)c(-c3ccccc3)o2)OC(c2ccc(CNC(=O)C(Cl)(Cl)Cl)cc2)OC1c1ccc(CO)cc1. The highest BCUT2D eigenvalue weighted by atomic mass is 35.6. The molecule has 0 saturated carbocycles. The van der Waals surface area contributed by atoms with Gasteiger partial charge >= 0.3 is 0 Å². The number of carbonyl (C=O) groups is 1. The summed E-state index contributed by atoms with van der Waals surface area (Å²) in [7, 11) is 0. The Morgan fingerprint density at radius 1 is 0.833 bits per heavy atom. The first kappa shape index (κ1) is 34.5. The molecule has 4 atom stereocenters. The van der Waals surface area contributed by atoms with Crippen LogP contribution in [0.5, 0.6) is 0 Å². The van der Waals surface area contributed by atoms with Gasteiger partial charge in [-0.25, -0.2) is 4.98 Å². The fraction of sp³-hybridized carbons (Fsp3) is 0.243. The molecular weight excluding hydrogens is 691 g/mol. The molecule has 6 rings (SSSR count). The lowest BCUT2D eigenvalue weighted by molar-refractivity contribution is -0.268. The lowest BCUT2D eigenvalue weighted by Gasteiger charge is -2.41. The number of aromatic nitrogens is 1. The monoisotopic (exact) mass is 722 g/mol. The Balaban J connectivity index is 1.24. The highest BCUT2D eigenvalue weighted by Crippen LogP contribution is 2.44. The number of benzene rings is 4. The zero-order chi connectivity index (χ0) is 33.7. The third-order valence-electron chi connectivity index (χ3n) is 8.15. The molecule has 1 fully saturated rings. The number of aliphatic hydroxyl groups is 1. The summed E-state index contributed by atoms with van der Waals surface area (Å²) in [5, 5.41) is 12.8. The molecule has 48 heavy (non-hydrogen) atoms. The summed E-state index contributed by atoms with van der Waals surface area (Å²) in [6.45, 7) is 2.28. The molecule has 1 aromatic heterocycles. The van der Waals surface area contributed by atoms with Crippen molar-refractivity contribution in [3.63, 3.8) is 0 Å². The second-order valence-corrected chi connectivity index (χ2v) is 14.7. The maximum absolute atomic E-state index is 12.0. The van der Waals surface area contributed by atoms with Gasteiger partial charge in [0, 0.05) is 34.9 Å². The molecule has 4 aromatic carbocycles. The van der Waals surface area contributed by atoms with Crippen molar-refractivity contribution < 1.29 is 23.8 Å². The molecule has 0 bridgehead atoms. The zero-order valence-electron chi connectivity index (χ0n) is 25.9. The minimum Gasteiger partial charge on any atom is -0.431 e. The number of aliphatic hydroxyl groups excluding tert-OH is 1. The number of amides is 1. The first-order valence-corrected chi connectivity index (χ1v) is 17.5. The quantitative estimate of drug-likeness (QED) is 0.110. The van der Waals surface area contributed by atoms with Crippen LogP contribution in [0.25, 0.3) is 22.6 Å². The number of hydrogen-bond acceptors (Lipinski definition) is 7. The van der Waals surface area contributed by atoms with Gasteiger partial charge in [0.2, 0.25) is 0 Å². The largest absolute Gasteiger partial charge is 0.431 e. The standard InChI is InChI=1S/C37H33Cl3N2O5S/c1-23-30(22-48-36-42-31(26-8-4-2-5-9-26)33(47-36)27-10-6-3-7-11-27)45-34(46-32(23)28-16-14-25(21-43)15-17-28)29-18-12-24(13-19-29)20-41-35(44)37(38,39)40/h2-19,23,30,32,34,43H,20-22H2,1H3,(H,41,44). The van der Waals surface area contributed by atoms with Gasteiger partial charge in [-0.2, -0.15) is 0 Å². The van der Waals surface area contributed by atoms with Crippen molar-refractivity contribution in [2.45, 2.75) is 47.6 Å². The molecule has 2 N–H and O–H groups in total. The highest BCUT2D eigenvalue weighted by Gasteiger charge is 2.39. The van der Waals surface area contributed by atoms with Crippen LogP contribution < -0.4 is 5.32 Å². The number of rotatable bonds is 10. The number of ether oxygens (including phenoxy) is 2. The molecule has 2 heterocycles. The highest BCUT2D eigenvalue weighted by molar-refractivity contribution is 7.99. The van der Waals surface area contributed by atoms with E-state index in [1.54, 1.807) is 0 Å². The van der Waals surface area contributed by atoms with E-state index in [1.807, 2.05) is 109 Å². The lowest BCUT2D eigenvalue weighted by atomic mass is 9.91. The van der Waals surface area contributed by atoms with Crippen LogP contribution in [-0.2, 0) is 27.4 Å². The van der Waals surface area contributed by atoms with Crippen molar-refractivity contribution in [1.29, 1.82) is 0 Å². The van der Waals surface area contributed by atoms with Gasteiger partial charge in [0.1, 0.15) is 5.69 Å². The Morgan fingerprint density at radius 2 is 1.44 bits per heavy atom. The Morgan fingerprint density at radius 3 is 2.06 bits per heavy atom. The Kier molecular flexibility index (Phi) is 11.1.